The summed E-state index contributed by atoms with van der Waals surface area (Å²) in [5.41, 5.74) is 0.826. The highest BCUT2D eigenvalue weighted by Crippen LogP contribution is 2.27. The number of halogens is 2. The average molecular weight is 480 g/mol. The van der Waals surface area contributed by atoms with E-state index >= 15 is 0 Å². The summed E-state index contributed by atoms with van der Waals surface area (Å²) in [6.07, 6.45) is 0. The van der Waals surface area contributed by atoms with Crippen LogP contribution >= 0.6 is 11.8 Å². The molecular formula is C26H23F2N3O2S. The van der Waals surface area contributed by atoms with Gasteiger partial charge in [0.05, 0.1) is 21.8 Å². The molecule has 34 heavy (non-hydrogen) atoms. The van der Waals surface area contributed by atoms with Gasteiger partial charge in [0.2, 0.25) is 5.91 Å². The van der Waals surface area contributed by atoms with Crippen molar-refractivity contribution in [2.75, 3.05) is 6.54 Å². The molecule has 3 aromatic carbocycles. The summed E-state index contributed by atoms with van der Waals surface area (Å²) in [5.74, 6) is -1.77. The Morgan fingerprint density at radius 2 is 1.76 bits per heavy atom. The van der Waals surface area contributed by atoms with Gasteiger partial charge in [-0.2, -0.15) is 0 Å². The molecule has 4 rings (SSSR count). The first-order valence-corrected chi connectivity index (χ1v) is 11.7. The third kappa shape index (κ3) is 4.87. The smallest absolute Gasteiger partial charge is 0.266 e. The molecule has 8 heteroatoms. The zero-order valence-corrected chi connectivity index (χ0v) is 19.6. The summed E-state index contributed by atoms with van der Waals surface area (Å²) < 4.78 is 29.4. The number of benzene rings is 3. The van der Waals surface area contributed by atoms with Crippen molar-refractivity contribution in [1.29, 1.82) is 0 Å². The van der Waals surface area contributed by atoms with Gasteiger partial charge < -0.3 is 4.90 Å². The van der Waals surface area contributed by atoms with Crippen molar-refractivity contribution in [2.24, 2.45) is 0 Å². The molecule has 5 nitrogen and oxygen atoms in total. The van der Waals surface area contributed by atoms with Crippen LogP contribution in [-0.4, -0.2) is 32.2 Å². The lowest BCUT2D eigenvalue weighted by molar-refractivity contribution is -0.130. The molecule has 1 heterocycles. The van der Waals surface area contributed by atoms with E-state index in [9.17, 15) is 18.4 Å². The largest absolute Gasteiger partial charge is 0.338 e. The number of amides is 1. The maximum absolute atomic E-state index is 14.7. The Labute approximate surface area is 200 Å². The highest BCUT2D eigenvalue weighted by molar-refractivity contribution is 8.00. The predicted octanol–water partition coefficient (Wildman–Crippen LogP) is 5.19. The van der Waals surface area contributed by atoms with Crippen molar-refractivity contribution in [3.8, 4) is 5.69 Å². The predicted molar refractivity (Wildman–Crippen MR) is 130 cm³/mol. The van der Waals surface area contributed by atoms with Gasteiger partial charge in [-0.05, 0) is 43.7 Å². The SMILES string of the molecule is CCN(Cc1ccccc1)C(=O)C(C)Sc1nc2ccccc2c(=O)n1-c1ccc(F)cc1F. The van der Waals surface area contributed by atoms with Crippen LogP contribution in [0.15, 0.2) is 82.7 Å². The van der Waals surface area contributed by atoms with E-state index in [1.165, 1.54) is 6.07 Å². The molecule has 0 bridgehead atoms. The second-order valence-electron chi connectivity index (χ2n) is 7.75. The quantitative estimate of drug-likeness (QED) is 0.270. The highest BCUT2D eigenvalue weighted by Gasteiger charge is 2.25. The third-order valence-electron chi connectivity index (χ3n) is 5.44. The first kappa shape index (κ1) is 23.6. The number of carbonyl (C=O) groups excluding carboxylic acids is 1. The van der Waals surface area contributed by atoms with E-state index in [1.807, 2.05) is 37.3 Å². The van der Waals surface area contributed by atoms with Crippen LogP contribution < -0.4 is 5.56 Å². The van der Waals surface area contributed by atoms with Crippen molar-refractivity contribution in [2.45, 2.75) is 30.8 Å². The highest BCUT2D eigenvalue weighted by atomic mass is 32.2. The number of rotatable bonds is 7. The molecule has 174 valence electrons. The van der Waals surface area contributed by atoms with Gasteiger partial charge in [0.25, 0.3) is 5.56 Å². The molecule has 1 aromatic heterocycles. The van der Waals surface area contributed by atoms with Crippen LogP contribution in [0.1, 0.15) is 19.4 Å². The topological polar surface area (TPSA) is 55.2 Å². The first-order valence-electron chi connectivity index (χ1n) is 10.9. The fraction of sp³-hybridized carbons (Fsp3) is 0.192. The molecule has 0 aliphatic carbocycles. The van der Waals surface area contributed by atoms with Gasteiger partial charge in [0.1, 0.15) is 11.6 Å². The maximum Gasteiger partial charge on any atom is 0.266 e. The zero-order chi connectivity index (χ0) is 24.2. The van der Waals surface area contributed by atoms with E-state index in [2.05, 4.69) is 4.98 Å². The van der Waals surface area contributed by atoms with Crippen LogP contribution in [0.5, 0.6) is 0 Å². The minimum absolute atomic E-state index is 0.122. The first-order chi connectivity index (χ1) is 16.4. The summed E-state index contributed by atoms with van der Waals surface area (Å²) in [6.45, 7) is 4.58. The molecule has 0 saturated carbocycles. The number of aromatic nitrogens is 2. The fourth-order valence-corrected chi connectivity index (χ4v) is 4.69. The van der Waals surface area contributed by atoms with Crippen molar-refractivity contribution in [1.82, 2.24) is 14.5 Å². The van der Waals surface area contributed by atoms with E-state index in [-0.39, 0.29) is 16.8 Å². The zero-order valence-electron chi connectivity index (χ0n) is 18.7. The van der Waals surface area contributed by atoms with E-state index in [4.69, 9.17) is 0 Å². The number of carbonyl (C=O) groups is 1. The van der Waals surface area contributed by atoms with Crippen molar-refractivity contribution >= 4 is 28.6 Å². The number of nitrogens with zero attached hydrogens (tertiary/aromatic N) is 3. The molecule has 1 amide bonds. The van der Waals surface area contributed by atoms with Crippen molar-refractivity contribution in [3.63, 3.8) is 0 Å². The molecule has 0 saturated heterocycles. The van der Waals surface area contributed by atoms with Gasteiger partial charge in [0.15, 0.2) is 5.16 Å². The van der Waals surface area contributed by atoms with Gasteiger partial charge >= 0.3 is 0 Å². The van der Waals surface area contributed by atoms with E-state index < -0.39 is 22.4 Å². The minimum atomic E-state index is -0.890. The Balaban J connectivity index is 1.73. The van der Waals surface area contributed by atoms with Gasteiger partial charge in [-0.1, -0.05) is 54.2 Å². The van der Waals surface area contributed by atoms with Crippen LogP contribution in [-0.2, 0) is 11.3 Å². The molecule has 1 atom stereocenters. The number of fused-ring (bicyclic) bond motifs is 1. The van der Waals surface area contributed by atoms with E-state index in [1.54, 1.807) is 36.1 Å². The maximum atomic E-state index is 14.7. The summed E-state index contributed by atoms with van der Waals surface area (Å²) in [5, 5.41) is -0.147. The second kappa shape index (κ2) is 10.2. The van der Waals surface area contributed by atoms with Crippen LogP contribution in [0.3, 0.4) is 0 Å². The summed E-state index contributed by atoms with van der Waals surface area (Å²) in [4.78, 5) is 32.9. The normalized spacial score (nSPS) is 12.0. The van der Waals surface area contributed by atoms with Crippen molar-refractivity contribution in [3.05, 3.63) is 100 Å². The molecule has 0 radical (unpaired) electrons. The summed E-state index contributed by atoms with van der Waals surface area (Å²) in [6, 6.07) is 19.4. The Morgan fingerprint density at radius 1 is 1.06 bits per heavy atom. The number of hydrogen-bond acceptors (Lipinski definition) is 4. The molecule has 1 unspecified atom stereocenters. The fourth-order valence-electron chi connectivity index (χ4n) is 3.68. The average Bonchev–Trinajstić information content (AvgIpc) is 2.84. The van der Waals surface area contributed by atoms with E-state index in [0.717, 1.165) is 34.0 Å². The Kier molecular flexibility index (Phi) is 7.07. The van der Waals surface area contributed by atoms with Gasteiger partial charge in [-0.3, -0.25) is 14.2 Å². The van der Waals surface area contributed by atoms with Crippen LogP contribution in [0.25, 0.3) is 16.6 Å². The summed E-state index contributed by atoms with van der Waals surface area (Å²) in [7, 11) is 0. The second-order valence-corrected chi connectivity index (χ2v) is 9.05. The van der Waals surface area contributed by atoms with Gasteiger partial charge in [-0.25, -0.2) is 13.8 Å². The number of thioether (sulfide) groups is 1. The minimum Gasteiger partial charge on any atom is -0.338 e. The summed E-state index contributed by atoms with van der Waals surface area (Å²) >= 11 is 1.07. The lowest BCUT2D eigenvalue weighted by Gasteiger charge is -2.25. The number of para-hydroxylation sites is 1. The van der Waals surface area contributed by atoms with Crippen LogP contribution in [0.4, 0.5) is 8.78 Å². The molecule has 0 fully saturated rings. The van der Waals surface area contributed by atoms with Crippen molar-refractivity contribution < 1.29 is 13.6 Å². The Morgan fingerprint density at radius 3 is 2.47 bits per heavy atom. The standard InChI is InChI=1S/C26H23F2N3O2S/c1-3-30(16-18-9-5-4-6-10-18)24(32)17(2)34-26-29-22-12-8-7-11-20(22)25(33)31(26)23-14-13-19(27)15-21(23)28/h4-15,17H,3,16H2,1-2H3. The molecular weight excluding hydrogens is 456 g/mol. The third-order valence-corrected chi connectivity index (χ3v) is 6.48. The lowest BCUT2D eigenvalue weighted by atomic mass is 10.2. The van der Waals surface area contributed by atoms with Gasteiger partial charge in [0, 0.05) is 19.2 Å². The van der Waals surface area contributed by atoms with Crippen LogP contribution in [0, 0.1) is 11.6 Å². The van der Waals surface area contributed by atoms with E-state index in [0.29, 0.717) is 24.0 Å². The van der Waals surface area contributed by atoms with Crippen LogP contribution in [0.2, 0.25) is 0 Å². The number of hydrogen-bond donors (Lipinski definition) is 0. The Bertz CT molecular complexity index is 1390. The molecule has 0 aliphatic rings. The monoisotopic (exact) mass is 479 g/mol. The molecule has 4 aromatic rings. The van der Waals surface area contributed by atoms with Gasteiger partial charge in [-0.15, -0.1) is 0 Å². The molecule has 0 aliphatic heterocycles. The Hall–Kier alpha value is -3.52. The molecule has 0 spiro atoms. The molecule has 0 N–H and O–H groups in total. The lowest BCUT2D eigenvalue weighted by Crippen LogP contribution is -2.36.